The van der Waals surface area contributed by atoms with Crippen molar-refractivity contribution in [2.45, 2.75) is 33.9 Å². The Labute approximate surface area is 92.2 Å². The lowest BCUT2D eigenvalue weighted by molar-refractivity contribution is 0.208. The third-order valence-corrected chi connectivity index (χ3v) is 2.11. The van der Waals surface area contributed by atoms with Gasteiger partial charge in [-0.2, -0.15) is 0 Å². The zero-order chi connectivity index (χ0) is 11.5. The molecule has 0 saturated carbocycles. The summed E-state index contributed by atoms with van der Waals surface area (Å²) in [4.78, 5) is 2.26. The third kappa shape index (κ3) is 4.49. The number of furan rings is 1. The smallest absolute Gasteiger partial charge is 0.118 e. The SMILES string of the molecule is CN(Cc1cc(CN)co1)CC(C)(C)C. The van der Waals surface area contributed by atoms with Crippen LogP contribution in [-0.2, 0) is 13.1 Å². The first-order chi connectivity index (χ1) is 6.90. The molecule has 1 aromatic rings. The van der Waals surface area contributed by atoms with Crippen LogP contribution in [0.25, 0.3) is 0 Å². The predicted molar refractivity (Wildman–Crippen MR) is 62.4 cm³/mol. The van der Waals surface area contributed by atoms with E-state index in [1.807, 2.05) is 6.07 Å². The summed E-state index contributed by atoms with van der Waals surface area (Å²) < 4.78 is 5.42. The number of nitrogens with zero attached hydrogens (tertiary/aromatic N) is 1. The minimum atomic E-state index is 0.318. The Morgan fingerprint density at radius 3 is 2.53 bits per heavy atom. The van der Waals surface area contributed by atoms with Crippen molar-refractivity contribution in [2.75, 3.05) is 13.6 Å². The molecule has 15 heavy (non-hydrogen) atoms. The van der Waals surface area contributed by atoms with Gasteiger partial charge in [0, 0.05) is 18.7 Å². The number of rotatable bonds is 4. The first kappa shape index (κ1) is 12.3. The van der Waals surface area contributed by atoms with E-state index in [0.29, 0.717) is 12.0 Å². The first-order valence-corrected chi connectivity index (χ1v) is 5.35. The Bertz CT molecular complexity index is 299. The van der Waals surface area contributed by atoms with Gasteiger partial charge in [-0.15, -0.1) is 0 Å². The average Bonchev–Trinajstić information content (AvgIpc) is 2.48. The number of hydrogen-bond donors (Lipinski definition) is 1. The second-order valence-electron chi connectivity index (χ2n) is 5.36. The van der Waals surface area contributed by atoms with Gasteiger partial charge in [0.2, 0.25) is 0 Å². The van der Waals surface area contributed by atoms with Crippen LogP contribution in [0.2, 0.25) is 0 Å². The quantitative estimate of drug-likeness (QED) is 0.828. The largest absolute Gasteiger partial charge is 0.468 e. The van der Waals surface area contributed by atoms with Gasteiger partial charge in [0.05, 0.1) is 12.8 Å². The van der Waals surface area contributed by atoms with Crippen molar-refractivity contribution in [3.8, 4) is 0 Å². The normalized spacial score (nSPS) is 12.4. The van der Waals surface area contributed by atoms with E-state index in [2.05, 4.69) is 32.7 Å². The van der Waals surface area contributed by atoms with Crippen molar-refractivity contribution in [2.24, 2.45) is 11.1 Å². The van der Waals surface area contributed by atoms with Crippen LogP contribution < -0.4 is 5.73 Å². The topological polar surface area (TPSA) is 42.4 Å². The summed E-state index contributed by atoms with van der Waals surface area (Å²) >= 11 is 0. The summed E-state index contributed by atoms with van der Waals surface area (Å²) in [7, 11) is 2.11. The van der Waals surface area contributed by atoms with Crippen LogP contribution in [0.3, 0.4) is 0 Å². The highest BCUT2D eigenvalue weighted by atomic mass is 16.3. The van der Waals surface area contributed by atoms with Crippen LogP contribution in [0.1, 0.15) is 32.1 Å². The molecule has 0 aliphatic rings. The second-order valence-corrected chi connectivity index (χ2v) is 5.36. The highest BCUT2D eigenvalue weighted by Crippen LogP contribution is 2.16. The van der Waals surface area contributed by atoms with Crippen LogP contribution in [-0.4, -0.2) is 18.5 Å². The molecule has 1 heterocycles. The molecule has 3 nitrogen and oxygen atoms in total. The minimum Gasteiger partial charge on any atom is -0.468 e. The summed E-state index contributed by atoms with van der Waals surface area (Å²) in [6, 6.07) is 2.03. The molecule has 3 heteroatoms. The lowest BCUT2D eigenvalue weighted by atomic mass is 9.96. The molecular weight excluding hydrogens is 188 g/mol. The summed E-state index contributed by atoms with van der Waals surface area (Å²) in [5, 5.41) is 0. The minimum absolute atomic E-state index is 0.318. The van der Waals surface area contributed by atoms with E-state index in [4.69, 9.17) is 10.2 Å². The first-order valence-electron chi connectivity index (χ1n) is 5.35. The van der Waals surface area contributed by atoms with Crippen molar-refractivity contribution in [1.82, 2.24) is 4.90 Å². The number of nitrogens with two attached hydrogens (primary N) is 1. The van der Waals surface area contributed by atoms with Gasteiger partial charge in [0.25, 0.3) is 0 Å². The van der Waals surface area contributed by atoms with Gasteiger partial charge in [-0.05, 0) is 18.5 Å². The standard InChI is InChI=1S/C12H22N2O/c1-12(2,3)9-14(4)7-11-5-10(6-13)8-15-11/h5,8H,6-7,9,13H2,1-4H3. The average molecular weight is 210 g/mol. The van der Waals surface area contributed by atoms with E-state index >= 15 is 0 Å². The van der Waals surface area contributed by atoms with Gasteiger partial charge in [0.1, 0.15) is 5.76 Å². The summed E-state index contributed by atoms with van der Waals surface area (Å²) in [6.45, 7) is 9.14. The van der Waals surface area contributed by atoms with E-state index in [9.17, 15) is 0 Å². The maximum Gasteiger partial charge on any atom is 0.118 e. The molecule has 2 N–H and O–H groups in total. The van der Waals surface area contributed by atoms with E-state index in [1.54, 1.807) is 6.26 Å². The monoisotopic (exact) mass is 210 g/mol. The van der Waals surface area contributed by atoms with E-state index < -0.39 is 0 Å². The lowest BCUT2D eigenvalue weighted by Gasteiger charge is -2.25. The molecule has 0 bridgehead atoms. The van der Waals surface area contributed by atoms with Gasteiger partial charge < -0.3 is 10.2 Å². The Kier molecular flexibility index (Phi) is 3.94. The zero-order valence-corrected chi connectivity index (χ0v) is 10.2. The molecule has 0 aliphatic carbocycles. The van der Waals surface area contributed by atoms with Gasteiger partial charge in [0.15, 0.2) is 0 Å². The van der Waals surface area contributed by atoms with Crippen LogP contribution in [0.4, 0.5) is 0 Å². The molecule has 0 amide bonds. The van der Waals surface area contributed by atoms with E-state index in [1.165, 1.54) is 0 Å². The molecule has 1 rings (SSSR count). The molecule has 0 atom stereocenters. The third-order valence-electron chi connectivity index (χ3n) is 2.11. The van der Waals surface area contributed by atoms with Crippen LogP contribution in [0.15, 0.2) is 16.7 Å². The molecule has 0 radical (unpaired) electrons. The highest BCUT2D eigenvalue weighted by Gasteiger charge is 2.14. The summed E-state index contributed by atoms with van der Waals surface area (Å²) in [5.41, 5.74) is 6.90. The second kappa shape index (κ2) is 4.81. The van der Waals surface area contributed by atoms with Crippen LogP contribution >= 0.6 is 0 Å². The molecule has 0 aliphatic heterocycles. The Morgan fingerprint density at radius 2 is 2.07 bits per heavy atom. The van der Waals surface area contributed by atoms with Crippen molar-refractivity contribution in [3.05, 3.63) is 23.7 Å². The summed E-state index contributed by atoms with van der Waals surface area (Å²) in [6.07, 6.45) is 1.74. The van der Waals surface area contributed by atoms with Gasteiger partial charge in [-0.25, -0.2) is 0 Å². The molecule has 86 valence electrons. The maximum absolute atomic E-state index is 5.52. The number of hydrogen-bond acceptors (Lipinski definition) is 3. The van der Waals surface area contributed by atoms with Crippen LogP contribution in [0, 0.1) is 5.41 Å². The van der Waals surface area contributed by atoms with E-state index in [0.717, 1.165) is 24.4 Å². The summed E-state index contributed by atoms with van der Waals surface area (Å²) in [5.74, 6) is 0.988. The Balaban J connectivity index is 2.47. The van der Waals surface area contributed by atoms with Crippen LogP contribution in [0.5, 0.6) is 0 Å². The van der Waals surface area contributed by atoms with Crippen molar-refractivity contribution >= 4 is 0 Å². The fraction of sp³-hybridized carbons (Fsp3) is 0.667. The van der Waals surface area contributed by atoms with Crippen molar-refractivity contribution < 1.29 is 4.42 Å². The molecular formula is C12H22N2O. The van der Waals surface area contributed by atoms with Gasteiger partial charge >= 0.3 is 0 Å². The Morgan fingerprint density at radius 1 is 1.40 bits per heavy atom. The maximum atomic E-state index is 5.52. The molecule has 0 unspecified atom stereocenters. The predicted octanol–water partition coefficient (Wildman–Crippen LogP) is 2.22. The van der Waals surface area contributed by atoms with E-state index in [-0.39, 0.29) is 0 Å². The highest BCUT2D eigenvalue weighted by molar-refractivity contribution is 5.12. The van der Waals surface area contributed by atoms with Crippen molar-refractivity contribution in [1.29, 1.82) is 0 Å². The molecule has 0 aromatic carbocycles. The fourth-order valence-electron chi connectivity index (χ4n) is 1.75. The van der Waals surface area contributed by atoms with Gasteiger partial charge in [-0.1, -0.05) is 20.8 Å². The Hall–Kier alpha value is -0.800. The van der Waals surface area contributed by atoms with Crippen molar-refractivity contribution in [3.63, 3.8) is 0 Å². The molecule has 1 aromatic heterocycles. The molecule has 0 fully saturated rings. The molecule has 0 spiro atoms. The van der Waals surface area contributed by atoms with Gasteiger partial charge in [-0.3, -0.25) is 4.90 Å². The zero-order valence-electron chi connectivity index (χ0n) is 10.2. The fourth-order valence-corrected chi connectivity index (χ4v) is 1.75. The lowest BCUT2D eigenvalue weighted by Crippen LogP contribution is -2.28. The molecule has 0 saturated heterocycles.